The molecule has 3 aliphatic rings. The molecule has 84 valence electrons. The fourth-order valence-electron chi connectivity index (χ4n) is 2.68. The smallest absolute Gasteiger partial charge is 0.316 e. The number of ether oxygens (including phenoxy) is 1. The molecule has 1 saturated carbocycles. The number of aryl methyl sites for hydroxylation is 1. The molecule has 2 bridgehead atoms. The van der Waals surface area contributed by atoms with E-state index < -0.39 is 0 Å². The first-order chi connectivity index (χ1) is 7.75. The maximum atomic E-state index is 11.9. The molecular formula is C13H15NO2. The van der Waals surface area contributed by atoms with Crippen LogP contribution < -0.4 is 10.1 Å². The highest BCUT2D eigenvalue weighted by Crippen LogP contribution is 2.40. The molecule has 1 N–H and O–H groups in total. The van der Waals surface area contributed by atoms with Gasteiger partial charge in [-0.3, -0.25) is 4.79 Å². The second-order valence-corrected chi connectivity index (χ2v) is 4.72. The predicted octanol–water partition coefficient (Wildman–Crippen LogP) is 1.51. The van der Waals surface area contributed by atoms with E-state index in [9.17, 15) is 4.79 Å². The van der Waals surface area contributed by atoms with Gasteiger partial charge in [0, 0.05) is 6.04 Å². The molecule has 0 aromatic heterocycles. The van der Waals surface area contributed by atoms with Crippen molar-refractivity contribution in [2.45, 2.75) is 19.4 Å². The van der Waals surface area contributed by atoms with E-state index in [1.54, 1.807) is 0 Å². The Kier molecular flexibility index (Phi) is 2.21. The lowest BCUT2D eigenvalue weighted by molar-refractivity contribution is -0.143. The number of nitrogens with one attached hydrogen (secondary N) is 1. The van der Waals surface area contributed by atoms with Crippen LogP contribution in [0.15, 0.2) is 24.3 Å². The van der Waals surface area contributed by atoms with E-state index in [0.717, 1.165) is 18.5 Å². The lowest BCUT2D eigenvalue weighted by atomic mass is 9.74. The molecule has 3 heteroatoms. The molecule has 3 atom stereocenters. The van der Waals surface area contributed by atoms with Gasteiger partial charge >= 0.3 is 5.97 Å². The van der Waals surface area contributed by atoms with Crippen LogP contribution in [0.5, 0.6) is 5.75 Å². The van der Waals surface area contributed by atoms with Crippen molar-refractivity contribution in [1.82, 2.24) is 5.32 Å². The Labute approximate surface area is 94.8 Å². The second-order valence-electron chi connectivity index (χ2n) is 4.72. The Morgan fingerprint density at radius 2 is 2.25 bits per heavy atom. The largest absolute Gasteiger partial charge is 0.426 e. The molecule has 0 spiro atoms. The van der Waals surface area contributed by atoms with Gasteiger partial charge in [-0.1, -0.05) is 18.2 Å². The molecule has 2 saturated heterocycles. The lowest BCUT2D eigenvalue weighted by Crippen LogP contribution is -2.44. The first kappa shape index (κ1) is 9.85. The van der Waals surface area contributed by atoms with Gasteiger partial charge in [-0.15, -0.1) is 0 Å². The summed E-state index contributed by atoms with van der Waals surface area (Å²) in [4.78, 5) is 11.9. The number of hydrogen-bond donors (Lipinski definition) is 1. The first-order valence-electron chi connectivity index (χ1n) is 5.76. The zero-order valence-electron chi connectivity index (χ0n) is 9.27. The summed E-state index contributed by atoms with van der Waals surface area (Å²) in [5.41, 5.74) is 1.01. The number of rotatable bonds is 2. The Balaban J connectivity index is 1.71. The Morgan fingerprint density at radius 3 is 2.88 bits per heavy atom. The third kappa shape index (κ3) is 1.43. The summed E-state index contributed by atoms with van der Waals surface area (Å²) in [5, 5.41) is 3.32. The van der Waals surface area contributed by atoms with E-state index in [2.05, 4.69) is 5.32 Å². The molecule has 0 amide bonds. The fourth-order valence-corrected chi connectivity index (χ4v) is 2.68. The summed E-state index contributed by atoms with van der Waals surface area (Å²) in [6.07, 6.45) is 1.13. The van der Waals surface area contributed by atoms with Gasteiger partial charge in [0.25, 0.3) is 0 Å². The van der Waals surface area contributed by atoms with E-state index >= 15 is 0 Å². The van der Waals surface area contributed by atoms with Gasteiger partial charge < -0.3 is 10.1 Å². The first-order valence-corrected chi connectivity index (χ1v) is 5.76. The predicted molar refractivity (Wildman–Crippen MR) is 60.2 cm³/mol. The van der Waals surface area contributed by atoms with Crippen LogP contribution in [0.25, 0.3) is 0 Å². The molecular weight excluding hydrogens is 202 g/mol. The number of carbonyl (C=O) groups excluding carboxylic acids is 1. The van der Waals surface area contributed by atoms with Crippen LogP contribution in [0.2, 0.25) is 0 Å². The summed E-state index contributed by atoms with van der Waals surface area (Å²) in [6, 6.07) is 8.00. The van der Waals surface area contributed by atoms with Gasteiger partial charge in [0.1, 0.15) is 5.75 Å². The van der Waals surface area contributed by atoms with E-state index in [4.69, 9.17) is 4.74 Å². The van der Waals surface area contributed by atoms with Crippen molar-refractivity contribution in [2.24, 2.45) is 11.8 Å². The topological polar surface area (TPSA) is 38.3 Å². The van der Waals surface area contributed by atoms with Gasteiger partial charge in [-0.05, 0) is 37.4 Å². The summed E-state index contributed by atoms with van der Waals surface area (Å²) in [5.74, 6) is 1.21. The Hall–Kier alpha value is -1.35. The number of carbonyl (C=O) groups is 1. The number of fused-ring (bicyclic) bond motifs is 1. The molecule has 1 aromatic carbocycles. The van der Waals surface area contributed by atoms with E-state index in [1.165, 1.54) is 0 Å². The standard InChI is InChI=1S/C13H15NO2/c1-8-4-2-3-5-11(8)16-13(15)12-9-6-10(12)14-7-9/h2-5,9-10,12,14H,6-7H2,1H3. The normalized spacial score (nSPS) is 30.9. The van der Waals surface area contributed by atoms with Crippen molar-refractivity contribution in [2.75, 3.05) is 6.54 Å². The highest BCUT2D eigenvalue weighted by Gasteiger charge is 2.51. The highest BCUT2D eigenvalue weighted by atomic mass is 16.5. The van der Waals surface area contributed by atoms with Gasteiger partial charge in [0.15, 0.2) is 0 Å². The summed E-state index contributed by atoms with van der Waals surface area (Å²) < 4.78 is 5.45. The Morgan fingerprint density at radius 1 is 1.44 bits per heavy atom. The molecule has 16 heavy (non-hydrogen) atoms. The summed E-state index contributed by atoms with van der Waals surface area (Å²) in [6.45, 7) is 2.93. The second kappa shape index (κ2) is 3.59. The van der Waals surface area contributed by atoms with E-state index in [1.807, 2.05) is 31.2 Å². The minimum absolute atomic E-state index is 0.0689. The summed E-state index contributed by atoms with van der Waals surface area (Å²) >= 11 is 0. The highest BCUT2D eigenvalue weighted by molar-refractivity contribution is 5.78. The zero-order valence-corrected chi connectivity index (χ0v) is 9.27. The van der Waals surface area contributed by atoms with E-state index in [0.29, 0.717) is 17.7 Å². The number of esters is 1. The van der Waals surface area contributed by atoms with Crippen LogP contribution in [0.4, 0.5) is 0 Å². The molecule has 2 aliphatic heterocycles. The van der Waals surface area contributed by atoms with Crippen LogP contribution in [0.3, 0.4) is 0 Å². The minimum atomic E-state index is -0.0689. The van der Waals surface area contributed by atoms with Crippen LogP contribution in [0, 0.1) is 18.8 Å². The monoisotopic (exact) mass is 217 g/mol. The molecule has 4 rings (SSSR count). The average molecular weight is 217 g/mol. The fraction of sp³-hybridized carbons (Fsp3) is 0.462. The third-order valence-corrected chi connectivity index (χ3v) is 3.72. The van der Waals surface area contributed by atoms with Crippen LogP contribution in [-0.2, 0) is 4.79 Å². The van der Waals surface area contributed by atoms with Gasteiger partial charge in [-0.2, -0.15) is 0 Å². The number of benzene rings is 1. The number of hydrogen-bond acceptors (Lipinski definition) is 3. The van der Waals surface area contributed by atoms with Gasteiger partial charge in [0.05, 0.1) is 5.92 Å². The van der Waals surface area contributed by atoms with Crippen molar-refractivity contribution >= 4 is 5.97 Å². The molecule has 3 unspecified atom stereocenters. The van der Waals surface area contributed by atoms with Crippen LogP contribution >= 0.6 is 0 Å². The SMILES string of the molecule is Cc1ccccc1OC(=O)C1C2CNC1C2. The molecule has 2 heterocycles. The van der Waals surface area contributed by atoms with Crippen molar-refractivity contribution in [1.29, 1.82) is 0 Å². The van der Waals surface area contributed by atoms with Gasteiger partial charge in [0.2, 0.25) is 0 Å². The van der Waals surface area contributed by atoms with Gasteiger partial charge in [-0.25, -0.2) is 0 Å². The third-order valence-electron chi connectivity index (χ3n) is 3.72. The van der Waals surface area contributed by atoms with Crippen molar-refractivity contribution in [3.8, 4) is 5.75 Å². The van der Waals surface area contributed by atoms with Crippen LogP contribution in [-0.4, -0.2) is 18.6 Å². The average Bonchev–Trinajstić information content (AvgIpc) is 2.83. The maximum Gasteiger partial charge on any atom is 0.316 e. The van der Waals surface area contributed by atoms with E-state index in [-0.39, 0.29) is 11.9 Å². The zero-order chi connectivity index (χ0) is 11.1. The lowest BCUT2D eigenvalue weighted by Gasteiger charge is -2.32. The maximum absolute atomic E-state index is 11.9. The Bertz CT molecular complexity index is 416. The molecule has 3 nitrogen and oxygen atoms in total. The quantitative estimate of drug-likeness (QED) is 0.603. The van der Waals surface area contributed by atoms with Crippen LogP contribution in [0.1, 0.15) is 12.0 Å². The molecule has 1 aliphatic carbocycles. The molecule has 1 aromatic rings. The van der Waals surface area contributed by atoms with Crippen molar-refractivity contribution in [3.05, 3.63) is 29.8 Å². The minimum Gasteiger partial charge on any atom is -0.426 e. The summed E-state index contributed by atoms with van der Waals surface area (Å²) in [7, 11) is 0. The molecule has 3 fully saturated rings. The molecule has 0 radical (unpaired) electrons. The number of para-hydroxylation sites is 1. The van der Waals surface area contributed by atoms with Crippen molar-refractivity contribution < 1.29 is 9.53 Å². The van der Waals surface area contributed by atoms with Crippen molar-refractivity contribution in [3.63, 3.8) is 0 Å².